The van der Waals surface area contributed by atoms with Gasteiger partial charge in [-0.15, -0.1) is 6.58 Å². The smallest absolute Gasteiger partial charge is 0.104 e. The second-order valence-corrected chi connectivity index (χ2v) is 1.94. The van der Waals surface area contributed by atoms with Gasteiger partial charge in [0.2, 0.25) is 0 Å². The van der Waals surface area contributed by atoms with Gasteiger partial charge in [-0.3, -0.25) is 0 Å². The summed E-state index contributed by atoms with van der Waals surface area (Å²) in [5, 5.41) is 0. The minimum atomic E-state index is 0.250. The topological polar surface area (TPSA) is 21.8 Å². The summed E-state index contributed by atoms with van der Waals surface area (Å²) in [6.07, 6.45) is 2.37. The Morgan fingerprint density at radius 2 is 2.18 bits per heavy atom. The zero-order chi connectivity index (χ0) is 8.53. The fourth-order valence-corrected chi connectivity index (χ4v) is 0.447. The van der Waals surface area contributed by atoms with Crippen LogP contribution in [0.25, 0.3) is 0 Å². The molecule has 1 rings (SSSR count). The summed E-state index contributed by atoms with van der Waals surface area (Å²) in [5.74, 6) is 0. The molecule has 1 aliphatic heterocycles. The van der Waals surface area contributed by atoms with Gasteiger partial charge >= 0.3 is 0 Å². The molecule has 0 saturated carbocycles. The Labute approximate surface area is 66.3 Å². The van der Waals surface area contributed by atoms with E-state index in [-0.39, 0.29) is 6.33 Å². The molecular weight excluding hydrogens is 147 g/mol. The standard InChI is InChI=1S/C6H10O2.C2H3F/c1-2-3-7-4-6-5-8-6;1-2-3/h2,6H,1,3-5H2;2H,1H2. The van der Waals surface area contributed by atoms with Gasteiger partial charge in [0.1, 0.15) is 6.10 Å². The largest absolute Gasteiger partial charge is 0.375 e. The summed E-state index contributed by atoms with van der Waals surface area (Å²) in [7, 11) is 0. The van der Waals surface area contributed by atoms with E-state index >= 15 is 0 Å². The van der Waals surface area contributed by atoms with Crippen LogP contribution in [0, 0.1) is 0 Å². The maximum atomic E-state index is 10.1. The summed E-state index contributed by atoms with van der Waals surface area (Å²) in [6.45, 7) is 8.45. The quantitative estimate of drug-likeness (QED) is 0.354. The van der Waals surface area contributed by atoms with Crippen LogP contribution in [0.2, 0.25) is 0 Å². The number of hydrogen-bond acceptors (Lipinski definition) is 2. The van der Waals surface area contributed by atoms with Gasteiger partial charge in [0.15, 0.2) is 0 Å². The molecule has 11 heavy (non-hydrogen) atoms. The number of epoxide rings is 1. The molecule has 0 amide bonds. The fourth-order valence-electron chi connectivity index (χ4n) is 0.447. The number of rotatable bonds is 4. The van der Waals surface area contributed by atoms with Crippen LogP contribution >= 0.6 is 0 Å². The molecule has 0 bridgehead atoms. The van der Waals surface area contributed by atoms with Gasteiger partial charge in [-0.2, -0.15) is 0 Å². The molecule has 0 aromatic heterocycles. The molecule has 1 aliphatic rings. The Kier molecular flexibility index (Phi) is 6.98. The summed E-state index contributed by atoms with van der Waals surface area (Å²) in [6, 6.07) is 0. The number of halogens is 1. The zero-order valence-electron chi connectivity index (χ0n) is 6.46. The maximum absolute atomic E-state index is 10.1. The van der Waals surface area contributed by atoms with E-state index in [1.165, 1.54) is 0 Å². The van der Waals surface area contributed by atoms with E-state index in [0.717, 1.165) is 13.2 Å². The van der Waals surface area contributed by atoms with Crippen molar-refractivity contribution >= 4 is 0 Å². The minimum absolute atomic E-state index is 0.250. The van der Waals surface area contributed by atoms with Crippen LogP contribution < -0.4 is 0 Å². The van der Waals surface area contributed by atoms with Gasteiger partial charge in [0.05, 0.1) is 26.2 Å². The maximum Gasteiger partial charge on any atom is 0.104 e. The van der Waals surface area contributed by atoms with Gasteiger partial charge in [0.25, 0.3) is 0 Å². The van der Waals surface area contributed by atoms with Crippen molar-refractivity contribution in [2.75, 3.05) is 19.8 Å². The van der Waals surface area contributed by atoms with Crippen molar-refractivity contribution in [1.82, 2.24) is 0 Å². The Bertz CT molecular complexity index is 111. The lowest BCUT2D eigenvalue weighted by atomic mass is 10.5. The van der Waals surface area contributed by atoms with Crippen LogP contribution in [-0.4, -0.2) is 25.9 Å². The molecule has 1 heterocycles. The first-order chi connectivity index (χ1) is 5.35. The monoisotopic (exact) mass is 160 g/mol. The zero-order valence-corrected chi connectivity index (χ0v) is 6.46. The van der Waals surface area contributed by atoms with Crippen LogP contribution in [-0.2, 0) is 9.47 Å². The highest BCUT2D eigenvalue weighted by Crippen LogP contribution is 2.07. The summed E-state index contributed by atoms with van der Waals surface area (Å²) in [5.41, 5.74) is 0. The fraction of sp³-hybridized carbons (Fsp3) is 0.500. The highest BCUT2D eigenvalue weighted by Gasteiger charge is 2.21. The molecular formula is C8H13FO2. The van der Waals surface area contributed by atoms with E-state index in [4.69, 9.17) is 9.47 Å². The molecule has 64 valence electrons. The van der Waals surface area contributed by atoms with E-state index in [0.29, 0.717) is 12.7 Å². The Morgan fingerprint density at radius 1 is 1.64 bits per heavy atom. The minimum Gasteiger partial charge on any atom is -0.375 e. The van der Waals surface area contributed by atoms with Gasteiger partial charge in [0, 0.05) is 0 Å². The lowest BCUT2D eigenvalue weighted by molar-refractivity contribution is 0.141. The molecule has 1 fully saturated rings. The summed E-state index contributed by atoms with van der Waals surface area (Å²) >= 11 is 0. The summed E-state index contributed by atoms with van der Waals surface area (Å²) in [4.78, 5) is 0. The second-order valence-electron chi connectivity index (χ2n) is 1.94. The Morgan fingerprint density at radius 3 is 2.55 bits per heavy atom. The predicted octanol–water partition coefficient (Wildman–Crippen LogP) is 1.69. The molecule has 0 radical (unpaired) electrons. The molecule has 0 aromatic rings. The third-order valence-corrected chi connectivity index (χ3v) is 0.942. The molecule has 3 heteroatoms. The van der Waals surface area contributed by atoms with Crippen LogP contribution in [0.4, 0.5) is 4.39 Å². The van der Waals surface area contributed by atoms with E-state index in [2.05, 4.69) is 13.2 Å². The Hall–Kier alpha value is -0.670. The molecule has 0 aromatic carbocycles. The molecule has 0 spiro atoms. The lowest BCUT2D eigenvalue weighted by Crippen LogP contribution is -2.00. The first-order valence-corrected chi connectivity index (χ1v) is 3.36. The van der Waals surface area contributed by atoms with Crippen LogP contribution in [0.3, 0.4) is 0 Å². The van der Waals surface area contributed by atoms with E-state index < -0.39 is 0 Å². The van der Waals surface area contributed by atoms with Crippen molar-refractivity contribution < 1.29 is 13.9 Å². The van der Waals surface area contributed by atoms with Crippen LogP contribution in [0.15, 0.2) is 25.6 Å². The van der Waals surface area contributed by atoms with Gasteiger partial charge in [-0.1, -0.05) is 12.7 Å². The average molecular weight is 160 g/mol. The van der Waals surface area contributed by atoms with E-state index in [9.17, 15) is 4.39 Å². The highest BCUT2D eigenvalue weighted by atomic mass is 19.1. The molecule has 0 aliphatic carbocycles. The lowest BCUT2D eigenvalue weighted by Gasteiger charge is -1.92. The van der Waals surface area contributed by atoms with E-state index in [1.807, 2.05) is 0 Å². The molecule has 1 unspecified atom stereocenters. The number of ether oxygens (including phenoxy) is 2. The highest BCUT2D eigenvalue weighted by molar-refractivity contribution is 4.70. The van der Waals surface area contributed by atoms with Crippen molar-refractivity contribution in [3.8, 4) is 0 Å². The Balaban J connectivity index is 0.000000292. The molecule has 2 nitrogen and oxygen atoms in total. The third-order valence-electron chi connectivity index (χ3n) is 0.942. The van der Waals surface area contributed by atoms with Crippen molar-refractivity contribution in [2.24, 2.45) is 0 Å². The third kappa shape index (κ3) is 9.33. The van der Waals surface area contributed by atoms with Crippen molar-refractivity contribution in [3.05, 3.63) is 25.6 Å². The summed E-state index contributed by atoms with van der Waals surface area (Å²) < 4.78 is 20.0. The van der Waals surface area contributed by atoms with Crippen molar-refractivity contribution in [3.63, 3.8) is 0 Å². The number of hydrogen-bond donors (Lipinski definition) is 0. The van der Waals surface area contributed by atoms with Gasteiger partial charge < -0.3 is 9.47 Å². The first-order valence-electron chi connectivity index (χ1n) is 3.36. The van der Waals surface area contributed by atoms with Crippen molar-refractivity contribution in [1.29, 1.82) is 0 Å². The van der Waals surface area contributed by atoms with E-state index in [1.54, 1.807) is 6.08 Å². The van der Waals surface area contributed by atoms with Crippen molar-refractivity contribution in [2.45, 2.75) is 6.10 Å². The first kappa shape index (κ1) is 10.3. The second kappa shape index (κ2) is 7.44. The average Bonchev–Trinajstić information content (AvgIpc) is 2.74. The SMILES string of the molecule is C=CCOCC1CO1.C=CF. The molecule has 1 atom stereocenters. The molecule has 1 saturated heterocycles. The normalized spacial score (nSPS) is 19.5. The van der Waals surface area contributed by atoms with Crippen LogP contribution in [0.1, 0.15) is 0 Å². The van der Waals surface area contributed by atoms with Gasteiger partial charge in [-0.25, -0.2) is 4.39 Å². The van der Waals surface area contributed by atoms with Crippen LogP contribution in [0.5, 0.6) is 0 Å². The van der Waals surface area contributed by atoms with Gasteiger partial charge in [-0.05, 0) is 0 Å². The predicted molar refractivity (Wildman–Crippen MR) is 42.1 cm³/mol. The molecule has 0 N–H and O–H groups in total.